The molecule has 0 spiro atoms. The van der Waals surface area contributed by atoms with Crippen LogP contribution in [0.15, 0.2) is 35.6 Å². The van der Waals surface area contributed by atoms with Gasteiger partial charge in [-0.2, -0.15) is 5.10 Å². The second-order valence-electron chi connectivity index (χ2n) is 4.82. The summed E-state index contributed by atoms with van der Waals surface area (Å²) in [5.41, 5.74) is 8.10. The van der Waals surface area contributed by atoms with Crippen LogP contribution in [0.4, 0.5) is 0 Å². The van der Waals surface area contributed by atoms with Gasteiger partial charge in [0.05, 0.1) is 18.7 Å². The molecule has 1 aromatic rings. The summed E-state index contributed by atoms with van der Waals surface area (Å²) < 4.78 is 5.26. The van der Waals surface area contributed by atoms with Crippen LogP contribution in [0.1, 0.15) is 18.9 Å². The van der Waals surface area contributed by atoms with Crippen molar-refractivity contribution in [3.05, 3.63) is 36.0 Å². The summed E-state index contributed by atoms with van der Waals surface area (Å²) >= 11 is 0. The molecule has 8 heteroatoms. The van der Waals surface area contributed by atoms with Crippen LogP contribution >= 0.6 is 0 Å². The Morgan fingerprint density at radius 2 is 2.30 bits per heavy atom. The molecule has 1 aliphatic rings. The van der Waals surface area contributed by atoms with Crippen LogP contribution in [0.5, 0.6) is 11.5 Å². The van der Waals surface area contributed by atoms with Gasteiger partial charge in [0.2, 0.25) is 11.8 Å². The van der Waals surface area contributed by atoms with Crippen molar-refractivity contribution in [2.75, 3.05) is 6.61 Å². The fourth-order valence-corrected chi connectivity index (χ4v) is 2.01. The fourth-order valence-electron chi connectivity index (χ4n) is 2.01. The van der Waals surface area contributed by atoms with E-state index in [-0.39, 0.29) is 18.1 Å². The Kier molecular flexibility index (Phi) is 5.19. The zero-order valence-corrected chi connectivity index (χ0v) is 12.6. The second kappa shape index (κ2) is 7.30. The first-order chi connectivity index (χ1) is 11.0. The molecule has 122 valence electrons. The first-order valence-corrected chi connectivity index (χ1v) is 7.04. The molecule has 23 heavy (non-hydrogen) atoms. The minimum Gasteiger partial charge on any atom is -0.504 e. The lowest BCUT2D eigenvalue weighted by molar-refractivity contribution is -0.127. The Morgan fingerprint density at radius 3 is 2.96 bits per heavy atom. The molecule has 1 aromatic carbocycles. The van der Waals surface area contributed by atoms with Crippen molar-refractivity contribution in [3.63, 3.8) is 0 Å². The van der Waals surface area contributed by atoms with E-state index in [1.807, 2.05) is 6.92 Å². The van der Waals surface area contributed by atoms with Gasteiger partial charge < -0.3 is 15.3 Å². The largest absolute Gasteiger partial charge is 0.504 e. The molecule has 1 saturated heterocycles. The number of rotatable bonds is 6. The van der Waals surface area contributed by atoms with Gasteiger partial charge in [-0.3, -0.25) is 15.0 Å². The SMILES string of the molecule is C=C1NNC(=O)[C@H]1CC(=O)N/N=C/c1cccc(OCC)c1O. The zero-order chi connectivity index (χ0) is 16.8. The Balaban J connectivity index is 1.94. The number of para-hydroxylation sites is 1. The summed E-state index contributed by atoms with van der Waals surface area (Å²) in [7, 11) is 0. The molecule has 2 amide bonds. The predicted molar refractivity (Wildman–Crippen MR) is 83.5 cm³/mol. The van der Waals surface area contributed by atoms with Crippen LogP contribution < -0.4 is 21.0 Å². The molecule has 8 nitrogen and oxygen atoms in total. The highest BCUT2D eigenvalue weighted by Crippen LogP contribution is 2.28. The number of benzene rings is 1. The lowest BCUT2D eigenvalue weighted by Gasteiger charge is -2.07. The Hall–Kier alpha value is -3.03. The highest BCUT2D eigenvalue weighted by Gasteiger charge is 2.29. The number of hydrogen-bond acceptors (Lipinski definition) is 6. The van der Waals surface area contributed by atoms with E-state index >= 15 is 0 Å². The van der Waals surface area contributed by atoms with Crippen molar-refractivity contribution >= 4 is 18.0 Å². The predicted octanol–water partition coefficient (Wildman–Crippen LogP) is 0.395. The molecular weight excluding hydrogens is 300 g/mol. The standard InChI is InChI=1S/C15H18N4O4/c1-3-23-12-6-4-5-10(14(12)21)8-16-18-13(20)7-11-9(2)17-19-15(11)22/h4-6,8,11,17,21H,2-3,7H2,1H3,(H,18,20)(H,19,22)/b16-8+/t11-/m0/s1. The summed E-state index contributed by atoms with van der Waals surface area (Å²) in [6.07, 6.45) is 1.23. The molecule has 0 bridgehead atoms. The van der Waals surface area contributed by atoms with Crippen LogP contribution in [0.25, 0.3) is 0 Å². The number of aromatic hydroxyl groups is 1. The molecule has 0 aliphatic carbocycles. The van der Waals surface area contributed by atoms with E-state index in [9.17, 15) is 14.7 Å². The number of amides is 2. The van der Waals surface area contributed by atoms with E-state index in [4.69, 9.17) is 4.74 Å². The number of hydrazone groups is 1. The van der Waals surface area contributed by atoms with E-state index in [0.717, 1.165) is 0 Å². The van der Waals surface area contributed by atoms with Crippen molar-refractivity contribution in [1.29, 1.82) is 0 Å². The normalized spacial score (nSPS) is 17.0. The summed E-state index contributed by atoms with van der Waals surface area (Å²) in [5, 5.41) is 13.8. The maximum absolute atomic E-state index is 11.8. The molecule has 1 heterocycles. The van der Waals surface area contributed by atoms with E-state index in [1.165, 1.54) is 6.21 Å². The van der Waals surface area contributed by atoms with Crippen LogP contribution in [-0.2, 0) is 9.59 Å². The monoisotopic (exact) mass is 318 g/mol. The van der Waals surface area contributed by atoms with Gasteiger partial charge in [-0.15, -0.1) is 0 Å². The molecule has 2 rings (SSSR count). The topological polar surface area (TPSA) is 112 Å². The fraction of sp³-hybridized carbons (Fsp3) is 0.267. The molecule has 0 radical (unpaired) electrons. The van der Waals surface area contributed by atoms with Gasteiger partial charge in [0, 0.05) is 17.7 Å². The minimum absolute atomic E-state index is 0.0555. The number of hydrazine groups is 1. The number of nitrogens with zero attached hydrogens (tertiary/aromatic N) is 1. The highest BCUT2D eigenvalue weighted by molar-refractivity contribution is 5.90. The van der Waals surface area contributed by atoms with Gasteiger partial charge in [-0.25, -0.2) is 5.43 Å². The number of phenols is 1. The number of hydrogen-bond donors (Lipinski definition) is 4. The molecule has 1 atom stereocenters. The van der Waals surface area contributed by atoms with Crippen LogP contribution in [0.3, 0.4) is 0 Å². The number of phenolic OH excluding ortho intramolecular Hbond substituents is 1. The Bertz CT molecular complexity index is 641. The Morgan fingerprint density at radius 1 is 1.52 bits per heavy atom. The number of carbonyl (C=O) groups excluding carboxylic acids is 2. The van der Waals surface area contributed by atoms with Gasteiger partial charge in [-0.1, -0.05) is 12.6 Å². The van der Waals surface area contributed by atoms with Crippen molar-refractivity contribution in [2.24, 2.45) is 11.0 Å². The third-order valence-corrected chi connectivity index (χ3v) is 3.20. The van der Waals surface area contributed by atoms with Gasteiger partial charge >= 0.3 is 0 Å². The van der Waals surface area contributed by atoms with Crippen molar-refractivity contribution < 1.29 is 19.4 Å². The lowest BCUT2D eigenvalue weighted by atomic mass is 10.0. The summed E-state index contributed by atoms with van der Waals surface area (Å²) in [6, 6.07) is 4.96. The minimum atomic E-state index is -0.625. The number of carbonyl (C=O) groups is 2. The van der Waals surface area contributed by atoms with Crippen LogP contribution in [-0.4, -0.2) is 29.7 Å². The third-order valence-electron chi connectivity index (χ3n) is 3.20. The van der Waals surface area contributed by atoms with Gasteiger partial charge in [-0.05, 0) is 19.1 Å². The third kappa shape index (κ3) is 4.00. The maximum Gasteiger partial charge on any atom is 0.247 e. The lowest BCUT2D eigenvalue weighted by Crippen LogP contribution is -2.27. The number of ether oxygens (including phenoxy) is 1. The van der Waals surface area contributed by atoms with Crippen LogP contribution in [0, 0.1) is 5.92 Å². The van der Waals surface area contributed by atoms with E-state index in [0.29, 0.717) is 23.6 Å². The quantitative estimate of drug-likeness (QED) is 0.448. The van der Waals surface area contributed by atoms with Gasteiger partial charge in [0.1, 0.15) is 0 Å². The van der Waals surface area contributed by atoms with Crippen molar-refractivity contribution in [3.8, 4) is 11.5 Å². The average Bonchev–Trinajstić information content (AvgIpc) is 2.83. The van der Waals surface area contributed by atoms with Gasteiger partial charge in [0.25, 0.3) is 0 Å². The van der Waals surface area contributed by atoms with Crippen LogP contribution in [0.2, 0.25) is 0 Å². The molecule has 1 fully saturated rings. The molecule has 1 aliphatic heterocycles. The zero-order valence-electron chi connectivity index (χ0n) is 12.6. The molecule has 4 N–H and O–H groups in total. The summed E-state index contributed by atoms with van der Waals surface area (Å²) in [4.78, 5) is 23.2. The highest BCUT2D eigenvalue weighted by atomic mass is 16.5. The van der Waals surface area contributed by atoms with Crippen molar-refractivity contribution in [2.45, 2.75) is 13.3 Å². The van der Waals surface area contributed by atoms with E-state index in [2.05, 4.69) is 28.0 Å². The average molecular weight is 318 g/mol. The molecule has 0 saturated carbocycles. The molecule has 0 unspecified atom stereocenters. The smallest absolute Gasteiger partial charge is 0.247 e. The first kappa shape index (κ1) is 16.3. The summed E-state index contributed by atoms with van der Waals surface area (Å²) in [5.74, 6) is -1.09. The number of nitrogens with one attached hydrogen (secondary N) is 3. The maximum atomic E-state index is 11.8. The van der Waals surface area contributed by atoms with E-state index < -0.39 is 11.8 Å². The Labute approximate surface area is 133 Å². The second-order valence-corrected chi connectivity index (χ2v) is 4.82. The van der Waals surface area contributed by atoms with Crippen molar-refractivity contribution in [1.82, 2.24) is 16.3 Å². The van der Waals surface area contributed by atoms with Gasteiger partial charge in [0.15, 0.2) is 11.5 Å². The molecule has 0 aromatic heterocycles. The summed E-state index contributed by atoms with van der Waals surface area (Å²) in [6.45, 7) is 5.88. The molecular formula is C15H18N4O4. The van der Waals surface area contributed by atoms with E-state index in [1.54, 1.807) is 18.2 Å². The first-order valence-electron chi connectivity index (χ1n) is 7.04.